The van der Waals surface area contributed by atoms with Crippen LogP contribution in [0.1, 0.15) is 38.3 Å². The predicted octanol–water partition coefficient (Wildman–Crippen LogP) is 3.53. The molecule has 3 heteroatoms. The van der Waals surface area contributed by atoms with Gasteiger partial charge in [0, 0.05) is 11.6 Å². The van der Waals surface area contributed by atoms with E-state index < -0.39 is 0 Å². The van der Waals surface area contributed by atoms with Crippen molar-refractivity contribution in [1.29, 1.82) is 0 Å². The van der Waals surface area contributed by atoms with Crippen molar-refractivity contribution in [1.82, 2.24) is 5.32 Å². The number of hydrogen-bond acceptors (Lipinski definition) is 2. The molecule has 0 bridgehead atoms. The minimum Gasteiger partial charge on any atom is -0.496 e. The van der Waals surface area contributed by atoms with E-state index in [1.54, 1.807) is 19.2 Å². The van der Waals surface area contributed by atoms with Gasteiger partial charge in [0.15, 0.2) is 0 Å². The zero-order valence-corrected chi connectivity index (χ0v) is 11.4. The molecule has 0 aliphatic heterocycles. The van der Waals surface area contributed by atoms with E-state index in [1.165, 1.54) is 18.9 Å². The summed E-state index contributed by atoms with van der Waals surface area (Å²) in [6.45, 7) is 5.18. The minimum atomic E-state index is -0.201. The van der Waals surface area contributed by atoms with Crippen molar-refractivity contribution in [3.8, 4) is 5.75 Å². The Hall–Kier alpha value is -1.09. The smallest absolute Gasteiger partial charge is 0.131 e. The van der Waals surface area contributed by atoms with Crippen LogP contribution in [0.2, 0.25) is 0 Å². The number of rotatable bonds is 6. The predicted molar refractivity (Wildman–Crippen MR) is 71.3 cm³/mol. The Kier molecular flexibility index (Phi) is 4.23. The van der Waals surface area contributed by atoms with E-state index in [-0.39, 0.29) is 11.9 Å². The molecule has 1 N–H and O–H groups in total. The Balaban J connectivity index is 2.00. The van der Waals surface area contributed by atoms with E-state index in [0.717, 1.165) is 12.5 Å². The second kappa shape index (κ2) is 5.70. The van der Waals surface area contributed by atoms with Gasteiger partial charge in [0.05, 0.1) is 7.11 Å². The highest BCUT2D eigenvalue weighted by atomic mass is 19.1. The van der Waals surface area contributed by atoms with Crippen LogP contribution in [0.4, 0.5) is 4.39 Å². The number of methoxy groups -OCH3 is 1. The summed E-state index contributed by atoms with van der Waals surface area (Å²) >= 11 is 0. The highest BCUT2D eigenvalue weighted by Crippen LogP contribution is 2.36. The zero-order valence-electron chi connectivity index (χ0n) is 11.4. The quantitative estimate of drug-likeness (QED) is 0.835. The molecule has 1 aliphatic rings. The van der Waals surface area contributed by atoms with Crippen LogP contribution >= 0.6 is 0 Å². The van der Waals surface area contributed by atoms with Crippen molar-refractivity contribution >= 4 is 0 Å². The van der Waals surface area contributed by atoms with Crippen LogP contribution < -0.4 is 10.1 Å². The number of nitrogens with one attached hydrogen (secondary N) is 1. The topological polar surface area (TPSA) is 21.3 Å². The van der Waals surface area contributed by atoms with Gasteiger partial charge >= 0.3 is 0 Å². The number of hydrogen-bond donors (Lipinski definition) is 1. The third kappa shape index (κ3) is 3.02. The van der Waals surface area contributed by atoms with Crippen LogP contribution in [0, 0.1) is 17.7 Å². The molecule has 1 saturated carbocycles. The summed E-state index contributed by atoms with van der Waals surface area (Å²) in [6, 6.07) is 4.95. The Morgan fingerprint density at radius 2 is 2.11 bits per heavy atom. The maximum atomic E-state index is 13.9. The fourth-order valence-electron chi connectivity index (χ4n) is 2.41. The molecule has 2 atom stereocenters. The lowest BCUT2D eigenvalue weighted by atomic mass is 10.0. The summed E-state index contributed by atoms with van der Waals surface area (Å²) in [5, 5.41) is 3.42. The fourth-order valence-corrected chi connectivity index (χ4v) is 2.41. The third-order valence-electron chi connectivity index (χ3n) is 3.84. The molecular formula is C15H22FNO. The zero-order chi connectivity index (χ0) is 13.1. The van der Waals surface area contributed by atoms with Crippen molar-refractivity contribution in [2.24, 2.45) is 11.8 Å². The van der Waals surface area contributed by atoms with Crippen molar-refractivity contribution < 1.29 is 9.13 Å². The van der Waals surface area contributed by atoms with Crippen LogP contribution in [0.3, 0.4) is 0 Å². The van der Waals surface area contributed by atoms with Gasteiger partial charge in [0.25, 0.3) is 0 Å². The minimum absolute atomic E-state index is 0.0256. The van der Waals surface area contributed by atoms with Crippen LogP contribution in [0.25, 0.3) is 0 Å². The summed E-state index contributed by atoms with van der Waals surface area (Å²) in [7, 11) is 1.58. The van der Waals surface area contributed by atoms with Gasteiger partial charge in [0.1, 0.15) is 11.6 Å². The van der Waals surface area contributed by atoms with Crippen molar-refractivity contribution in [2.75, 3.05) is 13.7 Å². The molecule has 2 rings (SSSR count). The number of ether oxygens (including phenoxy) is 1. The molecule has 0 radical (unpaired) electrons. The molecule has 1 aromatic carbocycles. The standard InChI is InChI=1S/C15H22FNO/c1-10(12-7-8-12)9-17-11(2)15-13(16)5-4-6-14(15)18-3/h4-6,10-12,17H,7-9H2,1-3H3. The average molecular weight is 251 g/mol. The van der Waals surface area contributed by atoms with Gasteiger partial charge in [-0.3, -0.25) is 0 Å². The van der Waals surface area contributed by atoms with Crippen LogP contribution in [-0.2, 0) is 0 Å². The van der Waals surface area contributed by atoms with E-state index in [4.69, 9.17) is 4.74 Å². The largest absolute Gasteiger partial charge is 0.496 e. The fraction of sp³-hybridized carbons (Fsp3) is 0.600. The molecule has 0 amide bonds. The molecular weight excluding hydrogens is 229 g/mol. The summed E-state index contributed by atoms with van der Waals surface area (Å²) in [6.07, 6.45) is 2.69. The SMILES string of the molecule is COc1cccc(F)c1C(C)NCC(C)C1CC1. The highest BCUT2D eigenvalue weighted by molar-refractivity contribution is 5.36. The molecule has 0 spiro atoms. The first kappa shape index (κ1) is 13.3. The molecule has 2 unspecified atom stereocenters. The molecule has 2 nitrogen and oxygen atoms in total. The number of halogens is 1. The lowest BCUT2D eigenvalue weighted by Crippen LogP contribution is -2.26. The van der Waals surface area contributed by atoms with E-state index in [9.17, 15) is 4.39 Å². The normalized spacial score (nSPS) is 18.4. The van der Waals surface area contributed by atoms with E-state index >= 15 is 0 Å². The summed E-state index contributed by atoms with van der Waals surface area (Å²) < 4.78 is 19.1. The first-order chi connectivity index (χ1) is 8.63. The summed E-state index contributed by atoms with van der Waals surface area (Å²) in [4.78, 5) is 0. The van der Waals surface area contributed by atoms with E-state index in [0.29, 0.717) is 17.2 Å². The van der Waals surface area contributed by atoms with Gasteiger partial charge in [-0.15, -0.1) is 0 Å². The second-order valence-corrected chi connectivity index (χ2v) is 5.30. The van der Waals surface area contributed by atoms with Crippen LogP contribution in [0.15, 0.2) is 18.2 Å². The lowest BCUT2D eigenvalue weighted by Gasteiger charge is -2.20. The van der Waals surface area contributed by atoms with Crippen molar-refractivity contribution in [3.05, 3.63) is 29.6 Å². The molecule has 18 heavy (non-hydrogen) atoms. The molecule has 1 fully saturated rings. The van der Waals surface area contributed by atoms with Gasteiger partial charge in [-0.2, -0.15) is 0 Å². The summed E-state index contributed by atoms with van der Waals surface area (Å²) in [5.41, 5.74) is 0.628. The van der Waals surface area contributed by atoms with Crippen LogP contribution in [0.5, 0.6) is 5.75 Å². The Morgan fingerprint density at radius 1 is 1.39 bits per heavy atom. The van der Waals surface area contributed by atoms with Gasteiger partial charge in [-0.1, -0.05) is 13.0 Å². The molecule has 0 aromatic heterocycles. The highest BCUT2D eigenvalue weighted by Gasteiger charge is 2.28. The maximum absolute atomic E-state index is 13.9. The van der Waals surface area contributed by atoms with Crippen molar-refractivity contribution in [3.63, 3.8) is 0 Å². The first-order valence-corrected chi connectivity index (χ1v) is 6.69. The Bertz CT molecular complexity index is 403. The first-order valence-electron chi connectivity index (χ1n) is 6.69. The second-order valence-electron chi connectivity index (χ2n) is 5.30. The van der Waals surface area contributed by atoms with Gasteiger partial charge in [-0.25, -0.2) is 4.39 Å². The molecule has 0 saturated heterocycles. The molecule has 1 aliphatic carbocycles. The molecule has 1 aromatic rings. The lowest BCUT2D eigenvalue weighted by molar-refractivity contribution is 0.382. The van der Waals surface area contributed by atoms with E-state index in [2.05, 4.69) is 12.2 Å². The molecule has 100 valence electrons. The molecule has 0 heterocycles. The van der Waals surface area contributed by atoms with Crippen molar-refractivity contribution in [2.45, 2.75) is 32.7 Å². The van der Waals surface area contributed by atoms with Crippen LogP contribution in [-0.4, -0.2) is 13.7 Å². The van der Waals surface area contributed by atoms with Gasteiger partial charge < -0.3 is 10.1 Å². The van der Waals surface area contributed by atoms with Gasteiger partial charge in [-0.05, 0) is 50.3 Å². The summed E-state index contributed by atoms with van der Waals surface area (Å²) in [5.74, 6) is 1.96. The Labute approximate surface area is 109 Å². The number of benzene rings is 1. The monoisotopic (exact) mass is 251 g/mol. The third-order valence-corrected chi connectivity index (χ3v) is 3.84. The van der Waals surface area contributed by atoms with Gasteiger partial charge in [0.2, 0.25) is 0 Å². The average Bonchev–Trinajstić information content (AvgIpc) is 3.19. The maximum Gasteiger partial charge on any atom is 0.131 e. The Morgan fingerprint density at radius 3 is 2.72 bits per heavy atom. The van der Waals surface area contributed by atoms with E-state index in [1.807, 2.05) is 6.92 Å².